The molecule has 1 aliphatic rings. The fourth-order valence-electron chi connectivity index (χ4n) is 2.92. The molecular formula is C17H20N2O3S. The number of phenols is 1. The third-order valence-electron chi connectivity index (χ3n) is 4.29. The standard InChI is InChI=1S/C17H20N2O3S/c1-17(22,11-7-8-23-9-11)10-18-16(21)19-14-6-5-13-12(14)3-2-4-15(13)20/h2-4,7-9,14,20,22H,5-6,10H2,1H3,(H2,18,19,21). The van der Waals surface area contributed by atoms with Crippen LogP contribution in [0, 0.1) is 0 Å². The zero-order valence-electron chi connectivity index (χ0n) is 12.9. The van der Waals surface area contributed by atoms with Gasteiger partial charge in [0.05, 0.1) is 12.6 Å². The number of hydrogen-bond acceptors (Lipinski definition) is 4. The van der Waals surface area contributed by atoms with Gasteiger partial charge in [-0.05, 0) is 59.3 Å². The van der Waals surface area contributed by atoms with E-state index in [9.17, 15) is 15.0 Å². The highest BCUT2D eigenvalue weighted by Gasteiger charge is 2.28. The second-order valence-electron chi connectivity index (χ2n) is 6.05. The average Bonchev–Trinajstić information content (AvgIpc) is 3.17. The molecule has 0 saturated carbocycles. The van der Waals surface area contributed by atoms with Crippen molar-refractivity contribution < 1.29 is 15.0 Å². The van der Waals surface area contributed by atoms with Crippen molar-refractivity contribution >= 4 is 17.4 Å². The summed E-state index contributed by atoms with van der Waals surface area (Å²) in [6, 6.07) is 6.80. The van der Waals surface area contributed by atoms with Crippen molar-refractivity contribution in [1.29, 1.82) is 0 Å². The predicted octanol–water partition coefficient (Wildman–Crippen LogP) is 2.65. The number of nitrogens with one attached hydrogen (secondary N) is 2. The highest BCUT2D eigenvalue weighted by atomic mass is 32.1. The molecule has 2 aromatic rings. The number of aromatic hydroxyl groups is 1. The van der Waals surface area contributed by atoms with E-state index in [1.807, 2.05) is 22.9 Å². The Labute approximate surface area is 139 Å². The second-order valence-corrected chi connectivity index (χ2v) is 6.83. The molecule has 3 rings (SSSR count). The Morgan fingerprint density at radius 2 is 2.26 bits per heavy atom. The number of urea groups is 1. The van der Waals surface area contributed by atoms with Gasteiger partial charge in [-0.3, -0.25) is 0 Å². The van der Waals surface area contributed by atoms with Crippen molar-refractivity contribution in [2.45, 2.75) is 31.4 Å². The van der Waals surface area contributed by atoms with Gasteiger partial charge in [-0.1, -0.05) is 12.1 Å². The molecule has 0 aliphatic heterocycles. The van der Waals surface area contributed by atoms with E-state index in [4.69, 9.17) is 0 Å². The first-order valence-electron chi connectivity index (χ1n) is 7.57. The second kappa shape index (κ2) is 6.22. The molecule has 0 radical (unpaired) electrons. The third-order valence-corrected chi connectivity index (χ3v) is 4.97. The van der Waals surface area contributed by atoms with Crippen LogP contribution in [-0.4, -0.2) is 22.8 Å². The van der Waals surface area contributed by atoms with Crippen LogP contribution in [0.1, 0.15) is 36.1 Å². The lowest BCUT2D eigenvalue weighted by atomic mass is 9.99. The van der Waals surface area contributed by atoms with Gasteiger partial charge in [0.15, 0.2) is 0 Å². The Bertz CT molecular complexity index is 698. The summed E-state index contributed by atoms with van der Waals surface area (Å²) in [4.78, 5) is 12.1. The summed E-state index contributed by atoms with van der Waals surface area (Å²) in [7, 11) is 0. The summed E-state index contributed by atoms with van der Waals surface area (Å²) < 4.78 is 0. The SMILES string of the molecule is CC(O)(CNC(=O)NC1CCc2c(O)cccc21)c1ccsc1. The summed E-state index contributed by atoms with van der Waals surface area (Å²) in [5.74, 6) is 0.285. The monoisotopic (exact) mass is 332 g/mol. The van der Waals surface area contributed by atoms with Crippen LogP contribution in [0.25, 0.3) is 0 Å². The molecule has 0 spiro atoms. The zero-order valence-corrected chi connectivity index (χ0v) is 13.7. The molecule has 2 unspecified atom stereocenters. The van der Waals surface area contributed by atoms with Gasteiger partial charge in [0.2, 0.25) is 0 Å². The van der Waals surface area contributed by atoms with Crippen LogP contribution in [0.4, 0.5) is 4.79 Å². The van der Waals surface area contributed by atoms with Crippen molar-refractivity contribution in [3.8, 4) is 5.75 Å². The van der Waals surface area contributed by atoms with E-state index in [2.05, 4.69) is 10.6 Å². The molecule has 1 aliphatic carbocycles. The lowest BCUT2D eigenvalue weighted by Crippen LogP contribution is -2.44. The zero-order chi connectivity index (χ0) is 16.4. The van der Waals surface area contributed by atoms with E-state index in [1.165, 1.54) is 11.3 Å². The quantitative estimate of drug-likeness (QED) is 0.695. The number of fused-ring (bicyclic) bond motifs is 1. The summed E-state index contributed by atoms with van der Waals surface area (Å²) in [6.45, 7) is 1.81. The number of amides is 2. The molecule has 2 atom stereocenters. The molecular weight excluding hydrogens is 312 g/mol. The van der Waals surface area contributed by atoms with Gasteiger partial charge in [-0.15, -0.1) is 0 Å². The topological polar surface area (TPSA) is 81.6 Å². The largest absolute Gasteiger partial charge is 0.508 e. The van der Waals surface area contributed by atoms with Crippen molar-refractivity contribution in [1.82, 2.24) is 10.6 Å². The number of hydrogen-bond donors (Lipinski definition) is 4. The van der Waals surface area contributed by atoms with Gasteiger partial charge in [0, 0.05) is 0 Å². The first-order valence-corrected chi connectivity index (χ1v) is 8.52. The Morgan fingerprint density at radius 3 is 3.00 bits per heavy atom. The van der Waals surface area contributed by atoms with Gasteiger partial charge in [0.1, 0.15) is 11.4 Å². The highest BCUT2D eigenvalue weighted by molar-refractivity contribution is 7.08. The predicted molar refractivity (Wildman–Crippen MR) is 89.6 cm³/mol. The summed E-state index contributed by atoms with van der Waals surface area (Å²) in [6.07, 6.45) is 1.51. The normalized spacial score (nSPS) is 19.0. The van der Waals surface area contributed by atoms with Crippen molar-refractivity contribution in [2.75, 3.05) is 6.54 Å². The lowest BCUT2D eigenvalue weighted by molar-refractivity contribution is 0.0597. The van der Waals surface area contributed by atoms with Crippen molar-refractivity contribution in [3.63, 3.8) is 0 Å². The minimum Gasteiger partial charge on any atom is -0.508 e. The number of carbonyl (C=O) groups is 1. The van der Waals surface area contributed by atoms with Crippen LogP contribution < -0.4 is 10.6 Å². The molecule has 0 saturated heterocycles. The van der Waals surface area contributed by atoms with E-state index in [-0.39, 0.29) is 24.4 Å². The molecule has 1 aromatic heterocycles. The van der Waals surface area contributed by atoms with Crippen molar-refractivity contribution in [3.05, 3.63) is 51.7 Å². The molecule has 6 heteroatoms. The summed E-state index contributed by atoms with van der Waals surface area (Å²) in [5, 5.41) is 29.6. The van der Waals surface area contributed by atoms with Gasteiger partial charge >= 0.3 is 6.03 Å². The maximum atomic E-state index is 12.1. The Hall–Kier alpha value is -2.05. The first kappa shape index (κ1) is 15.8. The van der Waals surface area contributed by atoms with E-state index >= 15 is 0 Å². The summed E-state index contributed by atoms with van der Waals surface area (Å²) >= 11 is 1.51. The number of aliphatic hydroxyl groups is 1. The van der Waals surface area contributed by atoms with Crippen molar-refractivity contribution in [2.24, 2.45) is 0 Å². The number of rotatable bonds is 4. The smallest absolute Gasteiger partial charge is 0.315 e. The van der Waals surface area contributed by atoms with Gasteiger partial charge in [-0.2, -0.15) is 11.3 Å². The minimum absolute atomic E-state index is 0.108. The fraction of sp³-hybridized carbons (Fsp3) is 0.353. The number of thiophene rings is 1. The van der Waals surface area contributed by atoms with Crippen LogP contribution in [0.3, 0.4) is 0 Å². The molecule has 122 valence electrons. The maximum absolute atomic E-state index is 12.1. The Kier molecular flexibility index (Phi) is 4.28. The van der Waals surface area contributed by atoms with Gasteiger partial charge in [0.25, 0.3) is 0 Å². The van der Waals surface area contributed by atoms with E-state index in [1.54, 1.807) is 19.1 Å². The van der Waals surface area contributed by atoms with E-state index < -0.39 is 5.60 Å². The van der Waals surface area contributed by atoms with Crippen LogP contribution in [-0.2, 0) is 12.0 Å². The number of phenolic OH excluding ortho intramolecular Hbond substituents is 1. The van der Waals surface area contributed by atoms with Crippen LogP contribution in [0.2, 0.25) is 0 Å². The molecule has 0 bridgehead atoms. The highest BCUT2D eigenvalue weighted by Crippen LogP contribution is 2.36. The molecule has 4 N–H and O–H groups in total. The maximum Gasteiger partial charge on any atom is 0.315 e. The molecule has 1 heterocycles. The molecule has 23 heavy (non-hydrogen) atoms. The van der Waals surface area contributed by atoms with Crippen LogP contribution >= 0.6 is 11.3 Å². The third kappa shape index (κ3) is 3.33. The first-order chi connectivity index (χ1) is 11.0. The minimum atomic E-state index is -1.09. The number of carbonyl (C=O) groups excluding carboxylic acids is 1. The van der Waals surface area contributed by atoms with E-state index in [0.717, 1.165) is 29.5 Å². The van der Waals surface area contributed by atoms with Gasteiger partial charge < -0.3 is 20.8 Å². The number of benzene rings is 1. The molecule has 0 fully saturated rings. The lowest BCUT2D eigenvalue weighted by Gasteiger charge is -2.23. The van der Waals surface area contributed by atoms with Crippen LogP contribution in [0.15, 0.2) is 35.0 Å². The van der Waals surface area contributed by atoms with Gasteiger partial charge in [-0.25, -0.2) is 4.79 Å². The Balaban J connectivity index is 1.58. The molecule has 1 aromatic carbocycles. The summed E-state index contributed by atoms with van der Waals surface area (Å²) in [5.41, 5.74) is 1.56. The van der Waals surface area contributed by atoms with Crippen LogP contribution in [0.5, 0.6) is 5.75 Å². The Morgan fingerprint density at radius 1 is 1.43 bits per heavy atom. The van der Waals surface area contributed by atoms with E-state index in [0.29, 0.717) is 0 Å². The molecule has 2 amide bonds. The fourth-order valence-corrected chi connectivity index (χ4v) is 3.70. The average molecular weight is 332 g/mol. The molecule has 5 nitrogen and oxygen atoms in total.